The van der Waals surface area contributed by atoms with Gasteiger partial charge in [-0.25, -0.2) is 0 Å². The van der Waals surface area contributed by atoms with Crippen molar-refractivity contribution in [1.29, 1.82) is 0 Å². The zero-order valence-corrected chi connectivity index (χ0v) is 12.4. The summed E-state index contributed by atoms with van der Waals surface area (Å²) < 4.78 is 5.52. The van der Waals surface area contributed by atoms with E-state index in [-0.39, 0.29) is 12.4 Å². The number of rotatable bonds is 4. The Morgan fingerprint density at radius 1 is 1.05 bits per heavy atom. The van der Waals surface area contributed by atoms with Gasteiger partial charge in [-0.3, -0.25) is 4.79 Å². The number of hydrogen-bond donors (Lipinski definition) is 1. The van der Waals surface area contributed by atoms with Gasteiger partial charge in [-0.2, -0.15) is 0 Å². The van der Waals surface area contributed by atoms with Gasteiger partial charge in [-0.1, -0.05) is 0 Å². The summed E-state index contributed by atoms with van der Waals surface area (Å²) in [5.41, 5.74) is 0. The lowest BCUT2D eigenvalue weighted by atomic mass is 10.3. The highest BCUT2D eigenvalue weighted by Gasteiger charge is 2.11. The lowest BCUT2D eigenvalue weighted by molar-refractivity contribution is 0.102. The zero-order valence-electron chi connectivity index (χ0n) is 10.8. The van der Waals surface area contributed by atoms with E-state index < -0.39 is 0 Å². The number of carbonyl (C=O) groups is 1. The third-order valence-corrected chi connectivity index (χ3v) is 5.34. The minimum absolute atomic E-state index is 0.0921. The molecule has 0 saturated heterocycles. The molecule has 0 radical (unpaired) electrons. The molecule has 3 heterocycles. The summed E-state index contributed by atoms with van der Waals surface area (Å²) in [6, 6.07) is 11.5. The van der Waals surface area contributed by atoms with Crippen molar-refractivity contribution in [3.8, 4) is 20.4 Å². The van der Waals surface area contributed by atoms with Crippen LogP contribution in [-0.2, 0) is 6.61 Å². The number of ketones is 1. The van der Waals surface area contributed by atoms with E-state index in [0.717, 1.165) is 25.3 Å². The number of furan rings is 1. The van der Waals surface area contributed by atoms with Gasteiger partial charge >= 0.3 is 0 Å². The van der Waals surface area contributed by atoms with Gasteiger partial charge in [0, 0.05) is 9.75 Å². The molecule has 0 spiro atoms. The number of thiophene rings is 2. The largest absolute Gasteiger partial charge is 0.458 e. The molecule has 0 atom stereocenters. The molecule has 3 nitrogen and oxygen atoms in total. The van der Waals surface area contributed by atoms with Crippen LogP contribution in [0.25, 0.3) is 20.4 Å². The zero-order chi connectivity index (χ0) is 14.1. The molecule has 0 fully saturated rings. The quantitative estimate of drug-likeness (QED) is 0.725. The first-order valence-electron chi connectivity index (χ1n) is 6.08. The molecule has 0 aliphatic heterocycles. The second-order valence-electron chi connectivity index (χ2n) is 4.31. The monoisotopic (exact) mass is 304 g/mol. The van der Waals surface area contributed by atoms with Gasteiger partial charge < -0.3 is 9.52 Å². The average molecular weight is 304 g/mol. The van der Waals surface area contributed by atoms with Gasteiger partial charge in [-0.05, 0) is 43.3 Å². The maximum atomic E-state index is 11.3. The Balaban J connectivity index is 1.90. The Morgan fingerprint density at radius 3 is 2.40 bits per heavy atom. The Bertz CT molecular complexity index is 749. The molecular weight excluding hydrogens is 292 g/mol. The van der Waals surface area contributed by atoms with Crippen LogP contribution in [0.3, 0.4) is 0 Å². The Morgan fingerprint density at radius 2 is 1.75 bits per heavy atom. The summed E-state index contributed by atoms with van der Waals surface area (Å²) in [6.45, 7) is 1.49. The number of aliphatic hydroxyl groups is 1. The second kappa shape index (κ2) is 5.36. The highest BCUT2D eigenvalue weighted by molar-refractivity contribution is 7.24. The molecule has 5 heteroatoms. The third-order valence-electron chi connectivity index (χ3n) is 2.86. The fraction of sp³-hybridized carbons (Fsp3) is 0.133. The van der Waals surface area contributed by atoms with Gasteiger partial charge in [-0.15, -0.1) is 22.7 Å². The summed E-state index contributed by atoms with van der Waals surface area (Å²) >= 11 is 3.11. The molecule has 0 aliphatic rings. The number of Topliss-reactive ketones (excluding diaryl/α,β-unsaturated/α-hetero) is 1. The predicted molar refractivity (Wildman–Crippen MR) is 81.3 cm³/mol. The predicted octanol–water partition coefficient (Wildman–Crippen LogP) is 4.43. The molecule has 3 aromatic heterocycles. The lowest BCUT2D eigenvalue weighted by Gasteiger charge is -1.91. The molecule has 0 bridgehead atoms. The molecule has 1 N–H and O–H groups in total. The van der Waals surface area contributed by atoms with Crippen LogP contribution in [-0.4, -0.2) is 10.9 Å². The van der Waals surface area contributed by atoms with Crippen LogP contribution in [0.2, 0.25) is 0 Å². The summed E-state index contributed by atoms with van der Waals surface area (Å²) in [7, 11) is 0. The molecule has 0 unspecified atom stereocenters. The third kappa shape index (κ3) is 2.47. The SMILES string of the molecule is CC(=O)c1ccc(-c2ccc(-c3ccc(CO)o3)s2)s1. The molecule has 102 valence electrons. The van der Waals surface area contributed by atoms with E-state index in [1.165, 1.54) is 11.3 Å². The lowest BCUT2D eigenvalue weighted by Crippen LogP contribution is -1.83. The fourth-order valence-electron chi connectivity index (χ4n) is 1.86. The topological polar surface area (TPSA) is 50.4 Å². The summed E-state index contributed by atoms with van der Waals surface area (Å²) in [4.78, 5) is 15.3. The molecule has 0 aromatic carbocycles. The van der Waals surface area contributed by atoms with E-state index in [0.29, 0.717) is 5.76 Å². The highest BCUT2D eigenvalue weighted by Crippen LogP contribution is 2.38. The molecule has 20 heavy (non-hydrogen) atoms. The van der Waals surface area contributed by atoms with Crippen LogP contribution >= 0.6 is 22.7 Å². The first kappa shape index (κ1) is 13.3. The Kier molecular flexibility index (Phi) is 3.56. The van der Waals surface area contributed by atoms with Gasteiger partial charge in [0.15, 0.2) is 5.78 Å². The standard InChI is InChI=1S/C15H12O3S2/c1-9(17)12-4-6-14(19-12)15-7-5-13(20-15)11-3-2-10(8-16)18-11/h2-7,16H,8H2,1H3. The van der Waals surface area contributed by atoms with Crippen LogP contribution in [0, 0.1) is 0 Å². The second-order valence-corrected chi connectivity index (χ2v) is 6.48. The van der Waals surface area contributed by atoms with Crippen molar-refractivity contribution >= 4 is 28.5 Å². The number of carbonyl (C=O) groups excluding carboxylic acids is 1. The van der Waals surface area contributed by atoms with Crippen molar-refractivity contribution in [3.63, 3.8) is 0 Å². The minimum Gasteiger partial charge on any atom is -0.458 e. The molecule has 0 amide bonds. The fourth-order valence-corrected chi connectivity index (χ4v) is 3.82. The van der Waals surface area contributed by atoms with Crippen LogP contribution in [0.15, 0.2) is 40.8 Å². The Labute approximate surface area is 124 Å². The first-order chi connectivity index (χ1) is 9.67. The van der Waals surface area contributed by atoms with E-state index >= 15 is 0 Å². The van der Waals surface area contributed by atoms with Crippen LogP contribution < -0.4 is 0 Å². The minimum atomic E-state index is -0.0921. The molecule has 3 rings (SSSR count). The van der Waals surface area contributed by atoms with E-state index in [2.05, 4.69) is 0 Å². The van der Waals surface area contributed by atoms with Crippen LogP contribution in [0.1, 0.15) is 22.4 Å². The first-order valence-corrected chi connectivity index (χ1v) is 7.71. The van der Waals surface area contributed by atoms with E-state index in [1.54, 1.807) is 24.3 Å². The highest BCUT2D eigenvalue weighted by atomic mass is 32.1. The van der Waals surface area contributed by atoms with Crippen molar-refractivity contribution in [2.45, 2.75) is 13.5 Å². The van der Waals surface area contributed by atoms with Crippen molar-refractivity contribution < 1.29 is 14.3 Å². The normalized spacial score (nSPS) is 10.9. The van der Waals surface area contributed by atoms with Gasteiger partial charge in [0.25, 0.3) is 0 Å². The molecule has 3 aromatic rings. The van der Waals surface area contributed by atoms with Gasteiger partial charge in [0.2, 0.25) is 0 Å². The molecule has 0 aliphatic carbocycles. The van der Waals surface area contributed by atoms with E-state index in [4.69, 9.17) is 9.52 Å². The van der Waals surface area contributed by atoms with E-state index in [9.17, 15) is 4.79 Å². The van der Waals surface area contributed by atoms with Crippen molar-refractivity contribution in [3.05, 3.63) is 47.0 Å². The summed E-state index contributed by atoms with van der Waals surface area (Å²) in [6.07, 6.45) is 0. The number of aliphatic hydroxyl groups excluding tert-OH is 1. The summed E-state index contributed by atoms with van der Waals surface area (Å²) in [5.74, 6) is 1.41. The van der Waals surface area contributed by atoms with Crippen molar-refractivity contribution in [2.24, 2.45) is 0 Å². The molecule has 0 saturated carbocycles. The van der Waals surface area contributed by atoms with E-state index in [1.807, 2.05) is 30.3 Å². The van der Waals surface area contributed by atoms with Crippen molar-refractivity contribution in [2.75, 3.05) is 0 Å². The van der Waals surface area contributed by atoms with Crippen LogP contribution in [0.4, 0.5) is 0 Å². The molecular formula is C15H12O3S2. The number of hydrogen-bond acceptors (Lipinski definition) is 5. The van der Waals surface area contributed by atoms with Gasteiger partial charge in [0.1, 0.15) is 18.1 Å². The maximum absolute atomic E-state index is 11.3. The van der Waals surface area contributed by atoms with Crippen molar-refractivity contribution in [1.82, 2.24) is 0 Å². The average Bonchev–Trinajstić information content (AvgIpc) is 3.17. The summed E-state index contributed by atoms with van der Waals surface area (Å²) in [5, 5.41) is 9.02. The van der Waals surface area contributed by atoms with Crippen LogP contribution in [0.5, 0.6) is 0 Å². The smallest absolute Gasteiger partial charge is 0.169 e. The van der Waals surface area contributed by atoms with Gasteiger partial charge in [0.05, 0.1) is 9.75 Å². The Hall–Kier alpha value is -1.69. The maximum Gasteiger partial charge on any atom is 0.169 e.